The van der Waals surface area contributed by atoms with Gasteiger partial charge in [-0.3, -0.25) is 4.79 Å². The molecule has 0 radical (unpaired) electrons. The monoisotopic (exact) mass is 405 g/mol. The summed E-state index contributed by atoms with van der Waals surface area (Å²) in [5, 5.41) is 17.1. The molecule has 0 fully saturated rings. The van der Waals surface area contributed by atoms with Gasteiger partial charge in [0, 0.05) is 33.9 Å². The highest BCUT2D eigenvalue weighted by atomic mass is 32.2. The van der Waals surface area contributed by atoms with Gasteiger partial charge in [0.05, 0.1) is 5.75 Å². The summed E-state index contributed by atoms with van der Waals surface area (Å²) in [6, 6.07) is 0. The first-order valence-electron chi connectivity index (χ1n) is 8.61. The lowest BCUT2D eigenvalue weighted by atomic mass is 9.96. The summed E-state index contributed by atoms with van der Waals surface area (Å²) < 4.78 is 2.11. The fourth-order valence-corrected chi connectivity index (χ4v) is 5.60. The van der Waals surface area contributed by atoms with Crippen molar-refractivity contribution in [3.05, 3.63) is 27.4 Å². The number of aromatic nitrogens is 4. The van der Waals surface area contributed by atoms with Gasteiger partial charge in [-0.1, -0.05) is 11.8 Å². The van der Waals surface area contributed by atoms with Crippen molar-refractivity contribution in [3.63, 3.8) is 0 Å². The molecule has 0 saturated carbocycles. The molecule has 0 saturated heterocycles. The maximum Gasteiger partial charge on any atom is 0.236 e. The van der Waals surface area contributed by atoms with E-state index in [4.69, 9.17) is 0 Å². The van der Waals surface area contributed by atoms with E-state index in [2.05, 4.69) is 37.4 Å². The molecule has 0 bridgehead atoms. The predicted molar refractivity (Wildman–Crippen MR) is 107 cm³/mol. The molecule has 3 aromatic heterocycles. The highest BCUT2D eigenvalue weighted by Gasteiger charge is 2.22. The van der Waals surface area contributed by atoms with E-state index < -0.39 is 0 Å². The van der Waals surface area contributed by atoms with Gasteiger partial charge >= 0.3 is 0 Å². The molecule has 9 heteroatoms. The zero-order valence-electron chi connectivity index (χ0n) is 14.4. The smallest absolute Gasteiger partial charge is 0.236 e. The van der Waals surface area contributed by atoms with Crippen LogP contribution in [0.25, 0.3) is 11.4 Å². The molecule has 1 N–H and O–H groups in total. The fraction of sp³-hybridized carbons (Fsp3) is 0.412. The van der Waals surface area contributed by atoms with Crippen LogP contribution in [0.5, 0.6) is 0 Å². The second-order valence-electron chi connectivity index (χ2n) is 5.98. The zero-order valence-corrected chi connectivity index (χ0v) is 16.8. The van der Waals surface area contributed by atoms with Gasteiger partial charge in [0.2, 0.25) is 5.91 Å². The second-order valence-corrected chi connectivity index (χ2v) is 8.78. The van der Waals surface area contributed by atoms with Crippen LogP contribution >= 0.6 is 34.4 Å². The average molecular weight is 406 g/mol. The number of thiophene rings is 1. The number of thioether (sulfide) groups is 1. The van der Waals surface area contributed by atoms with Crippen LogP contribution in [-0.2, 0) is 24.2 Å². The average Bonchev–Trinajstić information content (AvgIpc) is 3.38. The van der Waals surface area contributed by atoms with E-state index in [9.17, 15) is 4.79 Å². The number of carbonyl (C=O) groups is 1. The molecule has 0 unspecified atom stereocenters. The first-order valence-corrected chi connectivity index (χ1v) is 11.4. The molecule has 3 heterocycles. The molecule has 4 rings (SSSR count). The summed E-state index contributed by atoms with van der Waals surface area (Å²) in [5.41, 5.74) is 2.67. The molecule has 0 spiro atoms. The van der Waals surface area contributed by atoms with E-state index in [1.807, 2.05) is 16.7 Å². The predicted octanol–water partition coefficient (Wildman–Crippen LogP) is 4.09. The van der Waals surface area contributed by atoms with Gasteiger partial charge in [-0.25, -0.2) is 4.98 Å². The van der Waals surface area contributed by atoms with Crippen LogP contribution in [-0.4, -0.2) is 31.4 Å². The number of nitrogens with zero attached hydrogens (tertiary/aromatic N) is 4. The normalized spacial score (nSPS) is 13.6. The van der Waals surface area contributed by atoms with Crippen LogP contribution in [0.3, 0.4) is 0 Å². The third kappa shape index (κ3) is 3.56. The largest absolute Gasteiger partial charge is 0.302 e. The Morgan fingerprint density at radius 3 is 3.00 bits per heavy atom. The zero-order chi connectivity index (χ0) is 17.9. The van der Waals surface area contributed by atoms with Crippen LogP contribution in [0.15, 0.2) is 22.1 Å². The Bertz CT molecular complexity index is 900. The first-order chi connectivity index (χ1) is 12.8. The maximum atomic E-state index is 12.1. The Morgan fingerprint density at radius 1 is 1.31 bits per heavy atom. The number of rotatable bonds is 6. The van der Waals surface area contributed by atoms with Crippen molar-refractivity contribution in [1.29, 1.82) is 0 Å². The van der Waals surface area contributed by atoms with Gasteiger partial charge in [-0.2, -0.15) is 0 Å². The quantitative estimate of drug-likeness (QED) is 0.625. The summed E-state index contributed by atoms with van der Waals surface area (Å²) in [6.07, 6.45) is 6.51. The van der Waals surface area contributed by atoms with Crippen molar-refractivity contribution < 1.29 is 4.79 Å². The lowest BCUT2D eigenvalue weighted by molar-refractivity contribution is -0.113. The minimum absolute atomic E-state index is 0.0786. The molecule has 0 aliphatic heterocycles. The standard InChI is InChI=1S/C17H19N5OS3/c1-2-22-15(12-9-25-13-6-4-3-5-11(12)13)20-21-17(22)26-10-14(23)19-16-18-7-8-24-16/h7-9H,2-6,10H2,1H3,(H,18,19,23). The van der Waals surface area contributed by atoms with E-state index in [0.29, 0.717) is 10.9 Å². The molecule has 0 atom stereocenters. The Balaban J connectivity index is 1.50. The summed E-state index contributed by atoms with van der Waals surface area (Å²) in [4.78, 5) is 17.7. The van der Waals surface area contributed by atoms with E-state index >= 15 is 0 Å². The van der Waals surface area contributed by atoms with Crippen molar-refractivity contribution >= 4 is 45.5 Å². The first kappa shape index (κ1) is 17.7. The molecule has 136 valence electrons. The van der Waals surface area contributed by atoms with Crippen LogP contribution in [0, 0.1) is 0 Å². The van der Waals surface area contributed by atoms with Crippen molar-refractivity contribution in [2.75, 3.05) is 11.1 Å². The molecule has 1 amide bonds. The number of carbonyl (C=O) groups excluding carboxylic acids is 1. The number of aryl methyl sites for hydroxylation is 1. The number of hydrogen-bond acceptors (Lipinski definition) is 7. The van der Waals surface area contributed by atoms with E-state index in [1.54, 1.807) is 6.20 Å². The number of hydrogen-bond donors (Lipinski definition) is 1. The Hall–Kier alpha value is -1.71. The number of amides is 1. The minimum Gasteiger partial charge on any atom is -0.302 e. The van der Waals surface area contributed by atoms with Crippen LogP contribution in [0.1, 0.15) is 30.2 Å². The van der Waals surface area contributed by atoms with Crippen molar-refractivity contribution in [2.45, 2.75) is 44.3 Å². The third-order valence-corrected chi connectivity index (χ3v) is 7.09. The van der Waals surface area contributed by atoms with Gasteiger partial charge in [0.15, 0.2) is 16.1 Å². The molecular weight excluding hydrogens is 386 g/mol. The molecular formula is C17H19N5OS3. The SMILES string of the molecule is CCn1c(SCC(=O)Nc2nccs2)nnc1-c1csc2c1CCCC2. The second kappa shape index (κ2) is 7.89. The minimum atomic E-state index is -0.0786. The van der Waals surface area contributed by atoms with Crippen LogP contribution in [0.2, 0.25) is 0 Å². The molecule has 6 nitrogen and oxygen atoms in total. The van der Waals surface area contributed by atoms with Crippen molar-refractivity contribution in [3.8, 4) is 11.4 Å². The summed E-state index contributed by atoms with van der Waals surface area (Å²) in [5.74, 6) is 1.14. The van der Waals surface area contributed by atoms with E-state index in [0.717, 1.165) is 23.9 Å². The Labute approximate surface area is 164 Å². The van der Waals surface area contributed by atoms with E-state index in [1.165, 1.54) is 58.4 Å². The number of fused-ring (bicyclic) bond motifs is 1. The summed E-state index contributed by atoms with van der Waals surface area (Å²) in [6.45, 7) is 2.87. The van der Waals surface area contributed by atoms with Gasteiger partial charge in [-0.15, -0.1) is 32.9 Å². The number of anilines is 1. The molecule has 0 aromatic carbocycles. The maximum absolute atomic E-state index is 12.1. The topological polar surface area (TPSA) is 72.7 Å². The molecule has 1 aliphatic rings. The number of nitrogens with one attached hydrogen (secondary N) is 1. The van der Waals surface area contributed by atoms with Crippen LogP contribution in [0.4, 0.5) is 5.13 Å². The Morgan fingerprint density at radius 2 is 2.19 bits per heavy atom. The summed E-state index contributed by atoms with van der Waals surface area (Å²) >= 11 is 4.66. The lowest BCUT2D eigenvalue weighted by Crippen LogP contribution is -2.14. The summed E-state index contributed by atoms with van der Waals surface area (Å²) in [7, 11) is 0. The van der Waals surface area contributed by atoms with Gasteiger partial charge in [0.1, 0.15) is 0 Å². The molecule has 3 aromatic rings. The third-order valence-electron chi connectivity index (χ3n) is 4.35. The van der Waals surface area contributed by atoms with Gasteiger partial charge < -0.3 is 9.88 Å². The molecule has 26 heavy (non-hydrogen) atoms. The van der Waals surface area contributed by atoms with Gasteiger partial charge in [0.25, 0.3) is 0 Å². The van der Waals surface area contributed by atoms with E-state index in [-0.39, 0.29) is 5.91 Å². The van der Waals surface area contributed by atoms with Crippen molar-refractivity contribution in [1.82, 2.24) is 19.7 Å². The highest BCUT2D eigenvalue weighted by Crippen LogP contribution is 2.36. The van der Waals surface area contributed by atoms with Crippen LogP contribution < -0.4 is 5.32 Å². The fourth-order valence-electron chi connectivity index (χ4n) is 3.13. The van der Waals surface area contributed by atoms with Gasteiger partial charge in [-0.05, 0) is 38.2 Å². The lowest BCUT2D eigenvalue weighted by Gasteiger charge is -2.13. The Kier molecular flexibility index (Phi) is 5.37. The van der Waals surface area contributed by atoms with Crippen molar-refractivity contribution in [2.24, 2.45) is 0 Å². The molecule has 1 aliphatic carbocycles. The number of thiazole rings is 1. The highest BCUT2D eigenvalue weighted by molar-refractivity contribution is 7.99.